The summed E-state index contributed by atoms with van der Waals surface area (Å²) in [5, 5.41) is 9.57. The predicted molar refractivity (Wildman–Crippen MR) is 95.1 cm³/mol. The van der Waals surface area contributed by atoms with Gasteiger partial charge < -0.3 is 20.9 Å². The summed E-state index contributed by atoms with van der Waals surface area (Å²) in [5.74, 6) is 0.0677. The lowest BCUT2D eigenvalue weighted by Gasteiger charge is -2.33. The Kier molecular flexibility index (Phi) is 4.20. The molecule has 0 unspecified atom stereocenters. The molecule has 0 radical (unpaired) electrons. The van der Waals surface area contributed by atoms with Crippen LogP contribution in [0.5, 0.6) is 0 Å². The highest BCUT2D eigenvalue weighted by Crippen LogP contribution is 2.17. The molecule has 1 fully saturated rings. The van der Waals surface area contributed by atoms with Crippen LogP contribution in [0.1, 0.15) is 5.56 Å². The number of fused-ring (bicyclic) bond motifs is 1. The van der Waals surface area contributed by atoms with Crippen molar-refractivity contribution in [2.75, 3.05) is 26.2 Å². The number of carbonyl (C=O) groups excluding carboxylic acids is 1. The zero-order valence-corrected chi connectivity index (χ0v) is 13.8. The third kappa shape index (κ3) is 3.40. The summed E-state index contributed by atoms with van der Waals surface area (Å²) in [4.78, 5) is 22.4. The van der Waals surface area contributed by atoms with Crippen molar-refractivity contribution >= 4 is 16.9 Å². The molecule has 7 heteroatoms. The largest absolute Gasteiger partial charge is 0.386 e. The molecule has 0 aliphatic carbocycles. The van der Waals surface area contributed by atoms with Crippen LogP contribution in [0.25, 0.3) is 11.0 Å². The Morgan fingerprint density at radius 3 is 2.96 bits per heavy atom. The number of piperazine rings is 1. The normalized spacial score (nSPS) is 17.4. The van der Waals surface area contributed by atoms with Gasteiger partial charge in [0.1, 0.15) is 0 Å². The van der Waals surface area contributed by atoms with Crippen LogP contribution in [0, 0.1) is 0 Å². The minimum Gasteiger partial charge on any atom is -0.386 e. The number of hydrogen-bond acceptors (Lipinski definition) is 6. The van der Waals surface area contributed by atoms with E-state index in [1.54, 1.807) is 12.4 Å². The Morgan fingerprint density at radius 1 is 1.20 bits per heavy atom. The average molecular weight is 336 g/mol. The van der Waals surface area contributed by atoms with Crippen LogP contribution in [0.3, 0.4) is 0 Å². The highest BCUT2D eigenvalue weighted by atomic mass is 16.2. The van der Waals surface area contributed by atoms with Crippen molar-refractivity contribution in [3.63, 3.8) is 0 Å². The molecular weight excluding hydrogens is 316 g/mol. The minimum atomic E-state index is 0.0677. The number of hydrogen-bond donors (Lipinski definition) is 3. The molecule has 1 amide bonds. The number of dihydropyridines is 1. The molecule has 3 N–H and O–H groups in total. The average Bonchev–Trinajstić information content (AvgIpc) is 2.66. The molecule has 128 valence electrons. The zero-order chi connectivity index (χ0) is 17.1. The SMILES string of the molecule is O=C1CN(C2=CCNC=C2NCc2ccc3nccnc3c2)CCN1. The molecule has 0 spiro atoms. The zero-order valence-electron chi connectivity index (χ0n) is 13.8. The van der Waals surface area contributed by atoms with Gasteiger partial charge in [-0.05, 0) is 23.8 Å². The minimum absolute atomic E-state index is 0.0677. The standard InChI is InChI=1S/C18H20N6O/c25-18-12-24(8-7-22-18)17-3-4-19-11-16(17)23-10-13-1-2-14-15(9-13)21-6-5-20-14/h1-3,5-6,9,11,19,23H,4,7-8,10,12H2,(H,22,25). The quantitative estimate of drug-likeness (QED) is 0.753. The molecule has 1 aromatic carbocycles. The molecule has 0 saturated carbocycles. The van der Waals surface area contributed by atoms with Crippen molar-refractivity contribution in [1.82, 2.24) is 30.8 Å². The summed E-state index contributed by atoms with van der Waals surface area (Å²) in [6, 6.07) is 6.08. The summed E-state index contributed by atoms with van der Waals surface area (Å²) in [6.45, 7) is 3.35. The van der Waals surface area contributed by atoms with Gasteiger partial charge in [0.2, 0.25) is 5.91 Å². The van der Waals surface area contributed by atoms with Gasteiger partial charge in [0.15, 0.2) is 0 Å². The number of nitrogens with one attached hydrogen (secondary N) is 3. The van der Waals surface area contributed by atoms with Crippen molar-refractivity contribution in [2.24, 2.45) is 0 Å². The molecular formula is C18H20N6O. The molecule has 1 aromatic heterocycles. The highest BCUT2D eigenvalue weighted by molar-refractivity contribution is 5.79. The van der Waals surface area contributed by atoms with Gasteiger partial charge >= 0.3 is 0 Å². The van der Waals surface area contributed by atoms with E-state index < -0.39 is 0 Å². The summed E-state index contributed by atoms with van der Waals surface area (Å²) < 4.78 is 0. The van der Waals surface area contributed by atoms with E-state index in [4.69, 9.17) is 0 Å². The van der Waals surface area contributed by atoms with Crippen LogP contribution in [0.2, 0.25) is 0 Å². The number of aromatic nitrogens is 2. The fourth-order valence-corrected chi connectivity index (χ4v) is 3.10. The Bertz CT molecular complexity index is 860. The van der Waals surface area contributed by atoms with Gasteiger partial charge in [-0.2, -0.15) is 0 Å². The Balaban J connectivity index is 1.47. The predicted octanol–water partition coefficient (Wildman–Crippen LogP) is 0.480. The molecule has 25 heavy (non-hydrogen) atoms. The first-order valence-corrected chi connectivity index (χ1v) is 8.39. The van der Waals surface area contributed by atoms with Crippen LogP contribution in [-0.4, -0.2) is 47.0 Å². The highest BCUT2D eigenvalue weighted by Gasteiger charge is 2.21. The van der Waals surface area contributed by atoms with E-state index in [-0.39, 0.29) is 5.91 Å². The van der Waals surface area contributed by atoms with Crippen LogP contribution >= 0.6 is 0 Å². The van der Waals surface area contributed by atoms with Gasteiger partial charge in [0.05, 0.1) is 29.0 Å². The van der Waals surface area contributed by atoms with E-state index in [0.717, 1.165) is 41.1 Å². The van der Waals surface area contributed by atoms with E-state index in [2.05, 4.69) is 43.0 Å². The molecule has 0 atom stereocenters. The second-order valence-electron chi connectivity index (χ2n) is 6.06. The van der Waals surface area contributed by atoms with Gasteiger partial charge in [0, 0.05) is 44.8 Å². The fraction of sp³-hybridized carbons (Fsp3) is 0.278. The third-order valence-corrected chi connectivity index (χ3v) is 4.33. The summed E-state index contributed by atoms with van der Waals surface area (Å²) in [5.41, 5.74) is 5.00. The van der Waals surface area contributed by atoms with Gasteiger partial charge in [0.25, 0.3) is 0 Å². The molecule has 3 heterocycles. The van der Waals surface area contributed by atoms with Crippen LogP contribution in [0.4, 0.5) is 0 Å². The number of benzene rings is 1. The molecule has 2 aromatic rings. The lowest BCUT2D eigenvalue weighted by atomic mass is 10.1. The summed E-state index contributed by atoms with van der Waals surface area (Å²) >= 11 is 0. The monoisotopic (exact) mass is 336 g/mol. The lowest BCUT2D eigenvalue weighted by molar-refractivity contribution is -0.123. The second-order valence-corrected chi connectivity index (χ2v) is 6.06. The van der Waals surface area contributed by atoms with E-state index in [1.807, 2.05) is 18.3 Å². The molecule has 2 aliphatic rings. The van der Waals surface area contributed by atoms with E-state index in [1.165, 1.54) is 0 Å². The van der Waals surface area contributed by atoms with Gasteiger partial charge in [-0.25, -0.2) is 0 Å². The van der Waals surface area contributed by atoms with Crippen molar-refractivity contribution in [3.8, 4) is 0 Å². The van der Waals surface area contributed by atoms with Crippen molar-refractivity contribution < 1.29 is 4.79 Å². The molecule has 0 bridgehead atoms. The van der Waals surface area contributed by atoms with Gasteiger partial charge in [-0.15, -0.1) is 0 Å². The topological polar surface area (TPSA) is 82.2 Å². The maximum atomic E-state index is 11.7. The summed E-state index contributed by atoms with van der Waals surface area (Å²) in [7, 11) is 0. The van der Waals surface area contributed by atoms with E-state index in [9.17, 15) is 4.79 Å². The number of amides is 1. The molecule has 2 aliphatic heterocycles. The Labute approximate surface area is 145 Å². The maximum Gasteiger partial charge on any atom is 0.239 e. The van der Waals surface area contributed by atoms with Crippen molar-refractivity contribution in [3.05, 3.63) is 59.8 Å². The first-order valence-electron chi connectivity index (χ1n) is 8.39. The smallest absolute Gasteiger partial charge is 0.239 e. The Hall–Kier alpha value is -3.09. The van der Waals surface area contributed by atoms with E-state index in [0.29, 0.717) is 19.6 Å². The maximum absolute atomic E-state index is 11.7. The van der Waals surface area contributed by atoms with Crippen molar-refractivity contribution in [2.45, 2.75) is 6.54 Å². The fourth-order valence-electron chi connectivity index (χ4n) is 3.10. The molecule has 7 nitrogen and oxygen atoms in total. The second kappa shape index (κ2) is 6.80. The van der Waals surface area contributed by atoms with Crippen LogP contribution in [-0.2, 0) is 11.3 Å². The van der Waals surface area contributed by atoms with Gasteiger partial charge in [-0.3, -0.25) is 14.8 Å². The van der Waals surface area contributed by atoms with Crippen molar-refractivity contribution in [1.29, 1.82) is 0 Å². The summed E-state index contributed by atoms with van der Waals surface area (Å²) in [6.07, 6.45) is 7.50. The first kappa shape index (κ1) is 15.4. The first-order chi connectivity index (χ1) is 12.3. The van der Waals surface area contributed by atoms with Crippen LogP contribution in [0.15, 0.2) is 54.3 Å². The third-order valence-electron chi connectivity index (χ3n) is 4.33. The molecule has 4 rings (SSSR count). The van der Waals surface area contributed by atoms with Gasteiger partial charge in [-0.1, -0.05) is 6.07 Å². The number of rotatable bonds is 4. The number of carbonyl (C=O) groups is 1. The van der Waals surface area contributed by atoms with Crippen LogP contribution < -0.4 is 16.0 Å². The van der Waals surface area contributed by atoms with E-state index >= 15 is 0 Å². The molecule has 1 saturated heterocycles. The number of nitrogens with zero attached hydrogens (tertiary/aromatic N) is 3. The lowest BCUT2D eigenvalue weighted by Crippen LogP contribution is -2.48. The Morgan fingerprint density at radius 2 is 2.08 bits per heavy atom.